The summed E-state index contributed by atoms with van der Waals surface area (Å²) in [5, 5.41) is 7.46. The van der Waals surface area contributed by atoms with Crippen molar-refractivity contribution in [2.45, 2.75) is 20.4 Å². The van der Waals surface area contributed by atoms with Crippen molar-refractivity contribution in [3.05, 3.63) is 41.9 Å². The van der Waals surface area contributed by atoms with Crippen LogP contribution in [0.4, 0.5) is 5.82 Å². The van der Waals surface area contributed by atoms with E-state index in [1.165, 1.54) is 11.3 Å². The Morgan fingerprint density at radius 2 is 2.19 bits per heavy atom. The Hall–Kier alpha value is -1.84. The van der Waals surface area contributed by atoms with Crippen LogP contribution in [0.5, 0.6) is 0 Å². The molecular weight excluding hydrogens is 200 g/mol. The highest BCUT2D eigenvalue weighted by atomic mass is 15.3. The third-order valence-electron chi connectivity index (χ3n) is 2.44. The summed E-state index contributed by atoms with van der Waals surface area (Å²) in [5.74, 6) is 0.921. The number of aryl methyl sites for hydroxylation is 1. The lowest BCUT2D eigenvalue weighted by molar-refractivity contribution is 0.664. The molecule has 0 amide bonds. The highest BCUT2D eigenvalue weighted by Crippen LogP contribution is 2.09. The van der Waals surface area contributed by atoms with Gasteiger partial charge >= 0.3 is 0 Å². The van der Waals surface area contributed by atoms with Gasteiger partial charge in [-0.1, -0.05) is 0 Å². The molecule has 0 bridgehead atoms. The maximum absolute atomic E-state index is 4.26. The minimum atomic E-state index is 0.791. The smallest absolute Gasteiger partial charge is 0.126 e. The molecule has 0 aromatic carbocycles. The van der Waals surface area contributed by atoms with Crippen LogP contribution in [0.1, 0.15) is 18.2 Å². The minimum Gasteiger partial charge on any atom is -0.370 e. The lowest BCUT2D eigenvalue weighted by Gasteiger charge is -2.07. The molecule has 84 valence electrons. The Balaban J connectivity index is 2.15. The second-order valence-electron chi connectivity index (χ2n) is 3.71. The number of rotatable bonds is 4. The first-order chi connectivity index (χ1) is 7.79. The number of nitrogens with zero attached hydrogens (tertiary/aromatic N) is 3. The molecule has 0 radical (unpaired) electrons. The van der Waals surface area contributed by atoms with Gasteiger partial charge in [0.05, 0.1) is 6.54 Å². The van der Waals surface area contributed by atoms with Gasteiger partial charge in [0.2, 0.25) is 0 Å². The van der Waals surface area contributed by atoms with Crippen LogP contribution in [-0.4, -0.2) is 21.3 Å². The van der Waals surface area contributed by atoms with Crippen molar-refractivity contribution in [1.82, 2.24) is 14.8 Å². The second kappa shape index (κ2) is 4.79. The van der Waals surface area contributed by atoms with Gasteiger partial charge in [-0.15, -0.1) is 0 Å². The number of nitrogens with one attached hydrogen (secondary N) is 1. The van der Waals surface area contributed by atoms with Crippen LogP contribution in [0, 0.1) is 6.92 Å². The van der Waals surface area contributed by atoms with Gasteiger partial charge < -0.3 is 5.32 Å². The SMILES string of the molecule is CCNc1cc(Cn2nccc2C)ccn1. The van der Waals surface area contributed by atoms with Crippen molar-refractivity contribution < 1.29 is 0 Å². The van der Waals surface area contributed by atoms with E-state index in [0.29, 0.717) is 0 Å². The molecule has 2 aromatic heterocycles. The van der Waals surface area contributed by atoms with Crippen LogP contribution in [-0.2, 0) is 6.54 Å². The summed E-state index contributed by atoms with van der Waals surface area (Å²) >= 11 is 0. The van der Waals surface area contributed by atoms with Crippen molar-refractivity contribution in [3.63, 3.8) is 0 Å². The minimum absolute atomic E-state index is 0.791. The van der Waals surface area contributed by atoms with E-state index in [-0.39, 0.29) is 0 Å². The molecule has 2 aromatic rings. The zero-order valence-electron chi connectivity index (χ0n) is 9.64. The summed E-state index contributed by atoms with van der Waals surface area (Å²) in [4.78, 5) is 4.24. The predicted molar refractivity (Wildman–Crippen MR) is 64.5 cm³/mol. The molecule has 2 rings (SSSR count). The van der Waals surface area contributed by atoms with E-state index >= 15 is 0 Å². The normalized spacial score (nSPS) is 10.4. The fraction of sp³-hybridized carbons (Fsp3) is 0.333. The molecule has 0 atom stereocenters. The Morgan fingerprint density at radius 1 is 1.31 bits per heavy atom. The third-order valence-corrected chi connectivity index (χ3v) is 2.44. The molecule has 0 aliphatic carbocycles. The van der Waals surface area contributed by atoms with Crippen LogP contribution in [0.25, 0.3) is 0 Å². The Bertz CT molecular complexity index is 462. The molecule has 16 heavy (non-hydrogen) atoms. The Labute approximate surface area is 95.3 Å². The summed E-state index contributed by atoms with van der Waals surface area (Å²) < 4.78 is 1.98. The molecular formula is C12H16N4. The number of aromatic nitrogens is 3. The number of anilines is 1. The molecule has 2 heterocycles. The summed E-state index contributed by atoms with van der Waals surface area (Å²) in [7, 11) is 0. The van der Waals surface area contributed by atoms with E-state index in [1.54, 1.807) is 0 Å². The molecule has 1 N–H and O–H groups in total. The van der Waals surface area contributed by atoms with E-state index in [9.17, 15) is 0 Å². The number of pyridine rings is 1. The van der Waals surface area contributed by atoms with E-state index < -0.39 is 0 Å². The van der Waals surface area contributed by atoms with Crippen molar-refractivity contribution in [1.29, 1.82) is 0 Å². The highest BCUT2D eigenvalue weighted by molar-refractivity contribution is 5.37. The highest BCUT2D eigenvalue weighted by Gasteiger charge is 2.00. The molecule has 0 saturated heterocycles. The lowest BCUT2D eigenvalue weighted by atomic mass is 10.2. The maximum Gasteiger partial charge on any atom is 0.126 e. The van der Waals surface area contributed by atoms with Gasteiger partial charge in [0, 0.05) is 24.6 Å². The van der Waals surface area contributed by atoms with Gasteiger partial charge in [-0.2, -0.15) is 5.10 Å². The van der Waals surface area contributed by atoms with Crippen LogP contribution >= 0.6 is 0 Å². The molecule has 4 nitrogen and oxygen atoms in total. The average molecular weight is 216 g/mol. The zero-order valence-corrected chi connectivity index (χ0v) is 9.64. The molecule has 0 fully saturated rings. The van der Waals surface area contributed by atoms with Gasteiger partial charge in [-0.05, 0) is 37.6 Å². The first kappa shape index (κ1) is 10.7. The van der Waals surface area contributed by atoms with E-state index in [1.807, 2.05) is 29.2 Å². The van der Waals surface area contributed by atoms with E-state index in [0.717, 1.165) is 18.9 Å². The standard InChI is InChI=1S/C12H16N4/c1-3-13-12-8-11(5-6-14-12)9-16-10(2)4-7-15-16/h4-8H,3,9H2,1-2H3,(H,13,14). The largest absolute Gasteiger partial charge is 0.370 e. The van der Waals surface area contributed by atoms with Crippen LogP contribution in [0.2, 0.25) is 0 Å². The van der Waals surface area contributed by atoms with Gasteiger partial charge in [-0.25, -0.2) is 4.98 Å². The quantitative estimate of drug-likeness (QED) is 0.850. The maximum atomic E-state index is 4.26. The molecule has 0 spiro atoms. The summed E-state index contributed by atoms with van der Waals surface area (Å²) in [6.07, 6.45) is 3.65. The van der Waals surface area contributed by atoms with Crippen molar-refractivity contribution in [3.8, 4) is 0 Å². The van der Waals surface area contributed by atoms with Crippen LogP contribution in [0.3, 0.4) is 0 Å². The van der Waals surface area contributed by atoms with Gasteiger partial charge in [0.1, 0.15) is 5.82 Å². The predicted octanol–water partition coefficient (Wildman–Crippen LogP) is 2.07. The third kappa shape index (κ3) is 2.39. The second-order valence-corrected chi connectivity index (χ2v) is 3.71. The van der Waals surface area contributed by atoms with Crippen LogP contribution < -0.4 is 5.32 Å². The van der Waals surface area contributed by atoms with Gasteiger partial charge in [0.25, 0.3) is 0 Å². The number of hydrogen-bond acceptors (Lipinski definition) is 3. The molecule has 4 heteroatoms. The van der Waals surface area contributed by atoms with Crippen molar-refractivity contribution in [2.75, 3.05) is 11.9 Å². The van der Waals surface area contributed by atoms with Crippen molar-refractivity contribution in [2.24, 2.45) is 0 Å². The van der Waals surface area contributed by atoms with Crippen molar-refractivity contribution >= 4 is 5.82 Å². The summed E-state index contributed by atoms with van der Waals surface area (Å²) in [6.45, 7) is 5.79. The monoisotopic (exact) mass is 216 g/mol. The molecule has 0 saturated carbocycles. The first-order valence-corrected chi connectivity index (χ1v) is 5.47. The van der Waals surface area contributed by atoms with Gasteiger partial charge in [0.15, 0.2) is 0 Å². The van der Waals surface area contributed by atoms with Crippen LogP contribution in [0.15, 0.2) is 30.6 Å². The number of hydrogen-bond donors (Lipinski definition) is 1. The molecule has 0 aliphatic heterocycles. The summed E-state index contributed by atoms with van der Waals surface area (Å²) in [6, 6.07) is 6.08. The van der Waals surface area contributed by atoms with Gasteiger partial charge in [-0.3, -0.25) is 4.68 Å². The zero-order chi connectivity index (χ0) is 11.4. The van der Waals surface area contributed by atoms with E-state index in [4.69, 9.17) is 0 Å². The summed E-state index contributed by atoms with van der Waals surface area (Å²) in [5.41, 5.74) is 2.37. The Kier molecular flexibility index (Phi) is 3.19. The lowest BCUT2D eigenvalue weighted by Crippen LogP contribution is -2.05. The fourth-order valence-electron chi connectivity index (χ4n) is 1.59. The topological polar surface area (TPSA) is 42.7 Å². The molecule has 0 unspecified atom stereocenters. The Morgan fingerprint density at radius 3 is 2.88 bits per heavy atom. The fourth-order valence-corrected chi connectivity index (χ4v) is 1.59. The molecule has 0 aliphatic rings. The average Bonchev–Trinajstić information content (AvgIpc) is 2.66. The first-order valence-electron chi connectivity index (χ1n) is 5.47. The van der Waals surface area contributed by atoms with E-state index in [2.05, 4.69) is 35.3 Å².